The number of halogens is 1. The molecule has 1 heterocycles. The van der Waals surface area contributed by atoms with Crippen LogP contribution in [0, 0.1) is 11.7 Å². The summed E-state index contributed by atoms with van der Waals surface area (Å²) in [5, 5.41) is 0. The Labute approximate surface area is 158 Å². The third-order valence-electron chi connectivity index (χ3n) is 5.20. The first kappa shape index (κ1) is 18.0. The van der Waals surface area contributed by atoms with Crippen LogP contribution in [0.1, 0.15) is 55.1 Å². The van der Waals surface area contributed by atoms with E-state index in [-0.39, 0.29) is 30.9 Å². The van der Waals surface area contributed by atoms with Gasteiger partial charge < -0.3 is 14.2 Å². The number of hydrogen-bond donors (Lipinski definition) is 0. The Hall–Kier alpha value is -2.40. The molecule has 5 heteroatoms. The van der Waals surface area contributed by atoms with Crippen molar-refractivity contribution < 1.29 is 23.4 Å². The van der Waals surface area contributed by atoms with Crippen molar-refractivity contribution in [1.29, 1.82) is 0 Å². The molecule has 1 aliphatic carbocycles. The van der Waals surface area contributed by atoms with Gasteiger partial charge in [-0.1, -0.05) is 49.6 Å². The predicted octanol–water partition coefficient (Wildman–Crippen LogP) is 5.06. The Bertz CT molecular complexity index is 799. The van der Waals surface area contributed by atoms with Gasteiger partial charge in [0.15, 0.2) is 0 Å². The number of fused-ring (bicyclic) bond motifs is 1. The van der Waals surface area contributed by atoms with E-state index in [2.05, 4.69) is 0 Å². The summed E-state index contributed by atoms with van der Waals surface area (Å²) in [5.74, 6) is -0.0698. The highest BCUT2D eigenvalue weighted by Crippen LogP contribution is 2.37. The van der Waals surface area contributed by atoms with Crippen LogP contribution >= 0.6 is 0 Å². The van der Waals surface area contributed by atoms with Crippen LogP contribution in [0.4, 0.5) is 4.39 Å². The second-order valence-electron chi connectivity index (χ2n) is 7.17. The monoisotopic (exact) mass is 370 g/mol. The number of esters is 1. The lowest BCUT2D eigenvalue weighted by molar-refractivity contribution is -0.151. The summed E-state index contributed by atoms with van der Waals surface area (Å²) in [6, 6.07) is 12.4. The van der Waals surface area contributed by atoms with E-state index in [9.17, 15) is 9.18 Å². The van der Waals surface area contributed by atoms with Crippen molar-refractivity contribution in [2.75, 3.05) is 0 Å². The molecule has 4 rings (SSSR count). The molecule has 4 nitrogen and oxygen atoms in total. The summed E-state index contributed by atoms with van der Waals surface area (Å²) >= 11 is 0. The standard InChI is InChI=1S/C22H23FO4/c23-19-11-17(13-25-21(24)15-7-3-1-4-8-15)20-18(12-19)14-26-22(27-20)16-9-5-2-6-10-16/h2,5-6,9-12,15,22H,1,3-4,7-8,13-14H2/t22-/m0/s1. The maximum absolute atomic E-state index is 14.0. The number of ether oxygens (including phenoxy) is 3. The lowest BCUT2D eigenvalue weighted by Crippen LogP contribution is -2.22. The Morgan fingerprint density at radius 3 is 2.67 bits per heavy atom. The van der Waals surface area contributed by atoms with Gasteiger partial charge in [0, 0.05) is 16.7 Å². The molecule has 2 aliphatic rings. The summed E-state index contributed by atoms with van der Waals surface area (Å²) in [5.41, 5.74) is 2.06. The van der Waals surface area contributed by atoms with Gasteiger partial charge in [-0.15, -0.1) is 0 Å². The Kier molecular flexibility index (Phi) is 5.39. The maximum Gasteiger partial charge on any atom is 0.309 e. The van der Waals surface area contributed by atoms with E-state index in [1.165, 1.54) is 18.6 Å². The van der Waals surface area contributed by atoms with E-state index in [1.807, 2.05) is 30.3 Å². The molecule has 0 aromatic heterocycles. The van der Waals surface area contributed by atoms with Crippen LogP contribution in [0.2, 0.25) is 0 Å². The van der Waals surface area contributed by atoms with Crippen molar-refractivity contribution in [2.45, 2.75) is 51.6 Å². The van der Waals surface area contributed by atoms with Gasteiger partial charge >= 0.3 is 5.97 Å². The Balaban J connectivity index is 1.50. The quantitative estimate of drug-likeness (QED) is 0.706. The molecule has 2 aromatic rings. The Morgan fingerprint density at radius 1 is 1.11 bits per heavy atom. The smallest absolute Gasteiger partial charge is 0.309 e. The fraction of sp³-hybridized carbons (Fsp3) is 0.409. The molecule has 1 fully saturated rings. The highest BCUT2D eigenvalue weighted by atomic mass is 19.1. The minimum Gasteiger partial charge on any atom is -0.460 e. The fourth-order valence-electron chi connectivity index (χ4n) is 3.76. The zero-order valence-corrected chi connectivity index (χ0v) is 15.2. The molecular formula is C22H23FO4. The van der Waals surface area contributed by atoms with Crippen molar-refractivity contribution in [2.24, 2.45) is 5.92 Å². The normalized spacial score (nSPS) is 19.8. The lowest BCUT2D eigenvalue weighted by atomic mass is 9.89. The minimum absolute atomic E-state index is 0.0108. The van der Waals surface area contributed by atoms with Crippen molar-refractivity contribution in [3.05, 3.63) is 65.0 Å². The third kappa shape index (κ3) is 4.14. The molecule has 0 unspecified atom stereocenters. The van der Waals surface area contributed by atoms with Crippen LogP contribution in [0.15, 0.2) is 42.5 Å². The van der Waals surface area contributed by atoms with E-state index >= 15 is 0 Å². The molecule has 1 atom stereocenters. The summed E-state index contributed by atoms with van der Waals surface area (Å²) in [6.45, 7) is 0.257. The first-order valence-corrected chi connectivity index (χ1v) is 9.52. The van der Waals surface area contributed by atoms with Crippen molar-refractivity contribution in [3.63, 3.8) is 0 Å². The second kappa shape index (κ2) is 8.09. The van der Waals surface area contributed by atoms with Gasteiger partial charge in [-0.25, -0.2) is 4.39 Å². The third-order valence-corrected chi connectivity index (χ3v) is 5.20. The molecular weight excluding hydrogens is 347 g/mol. The van der Waals surface area contributed by atoms with E-state index in [4.69, 9.17) is 14.2 Å². The molecule has 0 N–H and O–H groups in total. The molecule has 2 aromatic carbocycles. The first-order valence-electron chi connectivity index (χ1n) is 9.52. The molecule has 0 amide bonds. The van der Waals surface area contributed by atoms with Gasteiger partial charge in [-0.3, -0.25) is 4.79 Å². The molecule has 0 radical (unpaired) electrons. The van der Waals surface area contributed by atoms with Gasteiger partial charge in [0.05, 0.1) is 12.5 Å². The zero-order valence-electron chi connectivity index (χ0n) is 15.2. The number of carbonyl (C=O) groups excluding carboxylic acids is 1. The molecule has 1 saturated carbocycles. The zero-order chi connectivity index (χ0) is 18.6. The first-order chi connectivity index (χ1) is 13.2. The predicted molar refractivity (Wildman–Crippen MR) is 97.4 cm³/mol. The van der Waals surface area contributed by atoms with Crippen molar-refractivity contribution in [3.8, 4) is 5.75 Å². The van der Waals surface area contributed by atoms with E-state index in [0.717, 1.165) is 31.2 Å². The van der Waals surface area contributed by atoms with Crippen molar-refractivity contribution >= 4 is 5.97 Å². The average Bonchev–Trinajstić information content (AvgIpc) is 2.72. The lowest BCUT2D eigenvalue weighted by Gasteiger charge is -2.28. The highest BCUT2D eigenvalue weighted by molar-refractivity contribution is 5.72. The summed E-state index contributed by atoms with van der Waals surface area (Å²) in [4.78, 5) is 12.3. The number of hydrogen-bond acceptors (Lipinski definition) is 4. The summed E-state index contributed by atoms with van der Waals surface area (Å²) in [6.07, 6.45) is 4.50. The highest BCUT2D eigenvalue weighted by Gasteiger charge is 2.27. The van der Waals surface area contributed by atoms with E-state index < -0.39 is 6.29 Å². The van der Waals surface area contributed by atoms with E-state index in [0.29, 0.717) is 16.9 Å². The van der Waals surface area contributed by atoms with Gasteiger partial charge in [0.1, 0.15) is 18.2 Å². The Morgan fingerprint density at radius 2 is 1.89 bits per heavy atom. The number of benzene rings is 2. The van der Waals surface area contributed by atoms with Crippen molar-refractivity contribution in [1.82, 2.24) is 0 Å². The number of carbonyl (C=O) groups is 1. The SMILES string of the molecule is O=C(OCc1cc(F)cc2c1O[C@@H](c1ccccc1)OC2)C1CCCCC1. The molecule has 27 heavy (non-hydrogen) atoms. The molecule has 0 spiro atoms. The summed E-state index contributed by atoms with van der Waals surface area (Å²) < 4.78 is 31.2. The summed E-state index contributed by atoms with van der Waals surface area (Å²) in [7, 11) is 0. The van der Waals surface area contributed by atoms with Gasteiger partial charge in [0.2, 0.25) is 6.29 Å². The molecule has 1 aliphatic heterocycles. The fourth-order valence-corrected chi connectivity index (χ4v) is 3.76. The van der Waals surface area contributed by atoms with Crippen LogP contribution in [0.3, 0.4) is 0 Å². The van der Waals surface area contributed by atoms with E-state index in [1.54, 1.807) is 0 Å². The molecule has 0 saturated heterocycles. The number of rotatable bonds is 4. The molecule has 142 valence electrons. The van der Waals surface area contributed by atoms with Gasteiger partial charge in [-0.2, -0.15) is 0 Å². The van der Waals surface area contributed by atoms with Crippen LogP contribution in [0.25, 0.3) is 0 Å². The van der Waals surface area contributed by atoms with Crippen LogP contribution in [0.5, 0.6) is 5.75 Å². The van der Waals surface area contributed by atoms with Gasteiger partial charge in [-0.05, 0) is 25.0 Å². The van der Waals surface area contributed by atoms with Crippen LogP contribution in [-0.4, -0.2) is 5.97 Å². The maximum atomic E-state index is 14.0. The van der Waals surface area contributed by atoms with Crippen LogP contribution in [-0.2, 0) is 27.5 Å². The largest absolute Gasteiger partial charge is 0.460 e. The topological polar surface area (TPSA) is 44.8 Å². The van der Waals surface area contributed by atoms with Gasteiger partial charge in [0.25, 0.3) is 0 Å². The average molecular weight is 370 g/mol. The second-order valence-corrected chi connectivity index (χ2v) is 7.17. The molecule has 0 bridgehead atoms. The minimum atomic E-state index is -0.558. The van der Waals surface area contributed by atoms with Crippen LogP contribution < -0.4 is 4.74 Å².